The van der Waals surface area contributed by atoms with Crippen LogP contribution in [-0.2, 0) is 20.7 Å². The lowest BCUT2D eigenvalue weighted by atomic mass is 9.98. The second-order valence-electron chi connectivity index (χ2n) is 9.25. The Hall–Kier alpha value is -2.13. The van der Waals surface area contributed by atoms with Crippen LogP contribution in [0.1, 0.15) is 31.9 Å². The number of carbonyl (C=O) groups excluding carboxylic acids is 2. The summed E-state index contributed by atoms with van der Waals surface area (Å²) in [7, 11) is 1.34. The molecule has 0 aliphatic heterocycles. The molecular formula is C26H27BrCl2N2O4S. The minimum Gasteiger partial charge on any atom is -0.469 e. The van der Waals surface area contributed by atoms with Crippen molar-refractivity contribution in [1.29, 1.82) is 0 Å². The van der Waals surface area contributed by atoms with Gasteiger partial charge < -0.3 is 9.47 Å². The van der Waals surface area contributed by atoms with Crippen molar-refractivity contribution in [3.05, 3.63) is 67.4 Å². The van der Waals surface area contributed by atoms with Gasteiger partial charge in [-0.1, -0.05) is 70.4 Å². The summed E-state index contributed by atoms with van der Waals surface area (Å²) in [5, 5.41) is 1.19. The number of amides is 1. The third-order valence-electron chi connectivity index (χ3n) is 5.15. The Morgan fingerprint density at radius 2 is 1.78 bits per heavy atom. The molecule has 3 aromatic rings. The number of hydrogen-bond donors (Lipinski definition) is 0. The van der Waals surface area contributed by atoms with Crippen molar-refractivity contribution in [2.24, 2.45) is 5.92 Å². The van der Waals surface area contributed by atoms with Gasteiger partial charge in [0.25, 0.3) is 0 Å². The molecule has 192 valence electrons. The molecule has 0 saturated carbocycles. The number of carbonyl (C=O) groups is 2. The van der Waals surface area contributed by atoms with Gasteiger partial charge >= 0.3 is 12.1 Å². The Morgan fingerprint density at radius 3 is 2.36 bits per heavy atom. The zero-order chi connectivity index (χ0) is 26.6. The van der Waals surface area contributed by atoms with Gasteiger partial charge in [0, 0.05) is 12.1 Å². The van der Waals surface area contributed by atoms with Gasteiger partial charge in [-0.25, -0.2) is 9.78 Å². The normalized spacial score (nSPS) is 12.2. The minimum absolute atomic E-state index is 0.0240. The average Bonchev–Trinajstić information content (AvgIpc) is 3.19. The fourth-order valence-electron chi connectivity index (χ4n) is 3.39. The van der Waals surface area contributed by atoms with Crippen LogP contribution in [0.2, 0.25) is 10.0 Å². The molecule has 2 aromatic carbocycles. The molecule has 0 saturated heterocycles. The van der Waals surface area contributed by atoms with E-state index in [4.69, 9.17) is 37.7 Å². The number of halogens is 3. The second-order valence-corrected chi connectivity index (χ2v) is 12.4. The maximum Gasteiger partial charge on any atom is 0.416 e. The van der Waals surface area contributed by atoms with E-state index in [1.807, 2.05) is 31.2 Å². The smallest absolute Gasteiger partial charge is 0.416 e. The maximum atomic E-state index is 13.3. The van der Waals surface area contributed by atoms with Crippen molar-refractivity contribution in [3.8, 4) is 11.3 Å². The van der Waals surface area contributed by atoms with Crippen LogP contribution < -0.4 is 4.90 Å². The van der Waals surface area contributed by atoms with E-state index >= 15 is 0 Å². The van der Waals surface area contributed by atoms with Gasteiger partial charge in [-0.3, -0.25) is 9.69 Å². The van der Waals surface area contributed by atoms with Gasteiger partial charge in [0.15, 0.2) is 5.13 Å². The quantitative estimate of drug-likeness (QED) is 0.253. The summed E-state index contributed by atoms with van der Waals surface area (Å²) in [5.41, 5.74) is 2.65. The molecule has 0 aliphatic rings. The molecular weight excluding hydrogens is 587 g/mol. The summed E-state index contributed by atoms with van der Waals surface area (Å²) in [6, 6.07) is 13.1. The van der Waals surface area contributed by atoms with Crippen LogP contribution in [0.4, 0.5) is 9.93 Å². The molecule has 1 unspecified atom stereocenters. The van der Waals surface area contributed by atoms with Crippen molar-refractivity contribution in [2.75, 3.05) is 18.6 Å². The highest BCUT2D eigenvalue weighted by Crippen LogP contribution is 2.39. The SMILES string of the molecule is COC(=O)C(Cc1ccc(C)cc1)CN(C(=O)OC(C)(C)C)c1nc(-c2ccc(Cl)c(Cl)c2)c(Br)s1. The van der Waals surface area contributed by atoms with Gasteiger partial charge in [-0.05, 0) is 67.7 Å². The Kier molecular flexibility index (Phi) is 9.44. The third-order valence-corrected chi connectivity index (χ3v) is 7.62. The van der Waals surface area contributed by atoms with Crippen LogP contribution in [0.3, 0.4) is 0 Å². The topological polar surface area (TPSA) is 68.7 Å². The molecule has 10 heteroatoms. The number of aromatic nitrogens is 1. The van der Waals surface area contributed by atoms with E-state index in [0.29, 0.717) is 31.1 Å². The molecule has 6 nitrogen and oxygen atoms in total. The summed E-state index contributed by atoms with van der Waals surface area (Å²) in [6.07, 6.45) is -0.222. The number of anilines is 1. The molecule has 1 aromatic heterocycles. The fourth-order valence-corrected chi connectivity index (χ4v) is 5.26. The summed E-state index contributed by atoms with van der Waals surface area (Å²) >= 11 is 17.1. The zero-order valence-electron chi connectivity index (χ0n) is 20.6. The van der Waals surface area contributed by atoms with Gasteiger partial charge in [-0.2, -0.15) is 0 Å². The van der Waals surface area contributed by atoms with E-state index in [2.05, 4.69) is 15.9 Å². The Balaban J connectivity index is 1.99. The lowest BCUT2D eigenvalue weighted by molar-refractivity contribution is -0.145. The first-order valence-corrected chi connectivity index (χ1v) is 13.5. The summed E-state index contributed by atoms with van der Waals surface area (Å²) < 4.78 is 11.4. The number of esters is 1. The number of rotatable bonds is 7. The lowest BCUT2D eigenvalue weighted by Crippen LogP contribution is -2.42. The van der Waals surface area contributed by atoms with Crippen molar-refractivity contribution in [2.45, 2.75) is 39.7 Å². The maximum absolute atomic E-state index is 13.3. The van der Waals surface area contributed by atoms with E-state index in [-0.39, 0.29) is 6.54 Å². The van der Waals surface area contributed by atoms with Gasteiger partial charge in [0.1, 0.15) is 5.60 Å². The molecule has 3 rings (SSSR count). The van der Waals surface area contributed by atoms with Crippen LogP contribution in [0, 0.1) is 12.8 Å². The van der Waals surface area contributed by atoms with Crippen molar-refractivity contribution < 1.29 is 19.1 Å². The van der Waals surface area contributed by atoms with Crippen LogP contribution in [-0.4, -0.2) is 36.3 Å². The Morgan fingerprint density at radius 1 is 1.11 bits per heavy atom. The molecule has 0 spiro atoms. The van der Waals surface area contributed by atoms with Crippen LogP contribution >= 0.6 is 50.5 Å². The van der Waals surface area contributed by atoms with E-state index in [1.165, 1.54) is 23.3 Å². The molecule has 36 heavy (non-hydrogen) atoms. The molecule has 0 bridgehead atoms. The Labute approximate surface area is 233 Å². The van der Waals surface area contributed by atoms with Crippen LogP contribution in [0.25, 0.3) is 11.3 Å². The van der Waals surface area contributed by atoms with Gasteiger partial charge in [0.05, 0.1) is 32.6 Å². The van der Waals surface area contributed by atoms with E-state index in [1.54, 1.807) is 39.0 Å². The standard InChI is InChI=1S/C26H27BrCl2N2O4S/c1-15-6-8-16(9-7-15)12-18(23(32)34-5)14-31(25(33)35-26(2,3)4)24-30-21(22(27)36-24)17-10-11-19(28)20(29)13-17/h6-11,13,18H,12,14H2,1-5H3. The van der Waals surface area contributed by atoms with Crippen molar-refractivity contribution in [3.63, 3.8) is 0 Å². The fraction of sp³-hybridized carbons (Fsp3) is 0.346. The predicted octanol–water partition coefficient (Wildman–Crippen LogP) is 7.96. The van der Waals surface area contributed by atoms with Crippen molar-refractivity contribution >= 4 is 67.7 Å². The number of benzene rings is 2. The molecule has 1 atom stereocenters. The number of nitrogens with zero attached hydrogens (tertiary/aromatic N) is 2. The van der Waals surface area contributed by atoms with Crippen LogP contribution in [0.5, 0.6) is 0 Å². The molecule has 0 fully saturated rings. The highest BCUT2D eigenvalue weighted by atomic mass is 79.9. The second kappa shape index (κ2) is 11.9. The first-order valence-electron chi connectivity index (χ1n) is 11.1. The van der Waals surface area contributed by atoms with E-state index in [9.17, 15) is 9.59 Å². The summed E-state index contributed by atoms with van der Waals surface area (Å²) in [4.78, 5) is 32.2. The Bertz CT molecular complexity index is 1240. The minimum atomic E-state index is -0.742. The highest BCUT2D eigenvalue weighted by molar-refractivity contribution is 9.11. The molecule has 0 aliphatic carbocycles. The number of thiazole rings is 1. The monoisotopic (exact) mass is 612 g/mol. The first-order chi connectivity index (χ1) is 16.9. The average molecular weight is 614 g/mol. The molecule has 0 radical (unpaired) electrons. The number of hydrogen-bond acceptors (Lipinski definition) is 6. The highest BCUT2D eigenvalue weighted by Gasteiger charge is 2.32. The van der Waals surface area contributed by atoms with Gasteiger partial charge in [-0.15, -0.1) is 0 Å². The predicted molar refractivity (Wildman–Crippen MR) is 149 cm³/mol. The van der Waals surface area contributed by atoms with Crippen LogP contribution in [0.15, 0.2) is 46.3 Å². The molecule has 1 amide bonds. The zero-order valence-corrected chi connectivity index (χ0v) is 24.5. The number of ether oxygens (including phenoxy) is 2. The van der Waals surface area contributed by atoms with E-state index < -0.39 is 23.6 Å². The number of methoxy groups -OCH3 is 1. The molecule has 1 heterocycles. The number of aryl methyl sites for hydroxylation is 1. The molecule has 0 N–H and O–H groups in total. The summed E-state index contributed by atoms with van der Waals surface area (Å²) in [6.45, 7) is 7.37. The van der Waals surface area contributed by atoms with E-state index in [0.717, 1.165) is 16.7 Å². The summed E-state index contributed by atoms with van der Waals surface area (Å²) in [5.74, 6) is -1.06. The lowest BCUT2D eigenvalue weighted by Gasteiger charge is -2.28. The third kappa shape index (κ3) is 7.44. The van der Waals surface area contributed by atoms with Crippen molar-refractivity contribution in [1.82, 2.24) is 4.98 Å². The van der Waals surface area contributed by atoms with Gasteiger partial charge in [0.2, 0.25) is 0 Å². The largest absolute Gasteiger partial charge is 0.469 e. The first kappa shape index (κ1) is 28.4.